The Kier molecular flexibility index (Phi) is 4.25. The molecule has 0 radical (unpaired) electrons. The Balaban J connectivity index is 2.22. The molecule has 0 amide bonds. The number of nitrogens with zero attached hydrogens (tertiary/aromatic N) is 2. The lowest BCUT2D eigenvalue weighted by Gasteiger charge is -2.39. The van der Waals surface area contributed by atoms with Crippen molar-refractivity contribution in [2.75, 3.05) is 32.1 Å². The summed E-state index contributed by atoms with van der Waals surface area (Å²) in [5.74, 6) is 0. The minimum Gasteiger partial charge on any atom is -0.378 e. The van der Waals surface area contributed by atoms with Crippen LogP contribution >= 0.6 is 0 Å². The van der Waals surface area contributed by atoms with Gasteiger partial charge in [0.05, 0.1) is 0 Å². The molecule has 2 unspecified atom stereocenters. The van der Waals surface area contributed by atoms with Crippen LogP contribution in [0.1, 0.15) is 31.4 Å². The van der Waals surface area contributed by atoms with E-state index in [0.717, 1.165) is 13.0 Å². The first-order valence-electron chi connectivity index (χ1n) is 6.90. The number of hydrogen-bond donors (Lipinski definition) is 1. The second-order valence-corrected chi connectivity index (χ2v) is 5.37. The van der Waals surface area contributed by atoms with Crippen molar-refractivity contribution in [3.05, 3.63) is 29.8 Å². The monoisotopic (exact) mass is 247 g/mol. The summed E-state index contributed by atoms with van der Waals surface area (Å²) in [4.78, 5) is 4.63. The molecule has 2 rings (SSSR count). The normalized spacial score (nSPS) is 25.1. The number of piperidine rings is 1. The largest absolute Gasteiger partial charge is 0.378 e. The molecule has 1 heterocycles. The number of likely N-dealkylation sites (tertiary alicyclic amines) is 1. The van der Waals surface area contributed by atoms with Crippen molar-refractivity contribution in [2.24, 2.45) is 5.73 Å². The molecule has 1 saturated heterocycles. The van der Waals surface area contributed by atoms with Gasteiger partial charge in [0, 0.05) is 31.9 Å². The standard InChI is InChI=1S/C15H25N3/c1-4-18-11-5-6-14(16)15(18)12-7-9-13(10-8-12)17(2)3/h7-10,14-15H,4-6,11,16H2,1-3H3. The van der Waals surface area contributed by atoms with Gasteiger partial charge in [-0.3, -0.25) is 4.90 Å². The topological polar surface area (TPSA) is 32.5 Å². The zero-order valence-corrected chi connectivity index (χ0v) is 11.8. The summed E-state index contributed by atoms with van der Waals surface area (Å²) in [5.41, 5.74) is 8.92. The fraction of sp³-hybridized carbons (Fsp3) is 0.600. The van der Waals surface area contributed by atoms with E-state index >= 15 is 0 Å². The summed E-state index contributed by atoms with van der Waals surface area (Å²) < 4.78 is 0. The third-order valence-electron chi connectivity index (χ3n) is 3.94. The van der Waals surface area contributed by atoms with E-state index in [1.807, 2.05) is 0 Å². The summed E-state index contributed by atoms with van der Waals surface area (Å²) in [7, 11) is 4.14. The van der Waals surface area contributed by atoms with Gasteiger partial charge < -0.3 is 10.6 Å². The number of benzene rings is 1. The van der Waals surface area contributed by atoms with Gasteiger partial charge >= 0.3 is 0 Å². The van der Waals surface area contributed by atoms with E-state index in [1.54, 1.807) is 0 Å². The van der Waals surface area contributed by atoms with Gasteiger partial charge in [-0.2, -0.15) is 0 Å². The molecule has 0 saturated carbocycles. The molecule has 0 aliphatic carbocycles. The quantitative estimate of drug-likeness (QED) is 0.889. The first-order chi connectivity index (χ1) is 8.63. The van der Waals surface area contributed by atoms with Gasteiger partial charge in [0.15, 0.2) is 0 Å². The highest BCUT2D eigenvalue weighted by molar-refractivity contribution is 5.46. The summed E-state index contributed by atoms with van der Waals surface area (Å²) in [6, 6.07) is 9.49. The Hall–Kier alpha value is -1.06. The van der Waals surface area contributed by atoms with E-state index in [1.165, 1.54) is 24.2 Å². The van der Waals surface area contributed by atoms with Crippen LogP contribution in [0.5, 0.6) is 0 Å². The summed E-state index contributed by atoms with van der Waals surface area (Å²) >= 11 is 0. The van der Waals surface area contributed by atoms with E-state index < -0.39 is 0 Å². The van der Waals surface area contributed by atoms with Crippen molar-refractivity contribution in [3.63, 3.8) is 0 Å². The van der Waals surface area contributed by atoms with Gasteiger partial charge in [0.1, 0.15) is 0 Å². The Bertz CT molecular complexity index is 372. The fourth-order valence-corrected chi connectivity index (χ4v) is 2.88. The van der Waals surface area contributed by atoms with Crippen LogP contribution < -0.4 is 10.6 Å². The maximum Gasteiger partial charge on any atom is 0.0499 e. The van der Waals surface area contributed by atoms with Crippen LogP contribution in [0.3, 0.4) is 0 Å². The van der Waals surface area contributed by atoms with Gasteiger partial charge in [-0.1, -0.05) is 19.1 Å². The minimum absolute atomic E-state index is 0.268. The van der Waals surface area contributed by atoms with Crippen molar-refractivity contribution in [1.29, 1.82) is 0 Å². The molecular formula is C15H25N3. The highest BCUT2D eigenvalue weighted by Gasteiger charge is 2.29. The van der Waals surface area contributed by atoms with E-state index in [2.05, 4.69) is 55.1 Å². The molecule has 1 fully saturated rings. The van der Waals surface area contributed by atoms with Gasteiger partial charge in [-0.25, -0.2) is 0 Å². The Labute approximate surface area is 111 Å². The Morgan fingerprint density at radius 1 is 1.28 bits per heavy atom. The number of hydrogen-bond acceptors (Lipinski definition) is 3. The maximum atomic E-state index is 6.32. The van der Waals surface area contributed by atoms with Crippen molar-refractivity contribution in [2.45, 2.75) is 31.8 Å². The average molecular weight is 247 g/mol. The molecule has 0 aromatic heterocycles. The number of rotatable bonds is 3. The lowest BCUT2D eigenvalue weighted by molar-refractivity contribution is 0.136. The Morgan fingerprint density at radius 2 is 1.94 bits per heavy atom. The number of nitrogens with two attached hydrogens (primary N) is 1. The lowest BCUT2D eigenvalue weighted by atomic mass is 9.91. The van der Waals surface area contributed by atoms with Crippen LogP contribution in [0.4, 0.5) is 5.69 Å². The predicted octanol–water partition coefficient (Wildman–Crippen LogP) is 2.24. The Morgan fingerprint density at radius 3 is 2.50 bits per heavy atom. The van der Waals surface area contributed by atoms with Crippen LogP contribution in [0, 0.1) is 0 Å². The molecule has 18 heavy (non-hydrogen) atoms. The predicted molar refractivity (Wildman–Crippen MR) is 78.0 cm³/mol. The van der Waals surface area contributed by atoms with Crippen LogP contribution in [0.25, 0.3) is 0 Å². The van der Waals surface area contributed by atoms with Crippen LogP contribution in [-0.4, -0.2) is 38.1 Å². The smallest absolute Gasteiger partial charge is 0.0499 e. The molecule has 3 heteroatoms. The van der Waals surface area contributed by atoms with Gasteiger partial charge in [-0.15, -0.1) is 0 Å². The van der Waals surface area contributed by atoms with Crippen molar-refractivity contribution in [3.8, 4) is 0 Å². The molecule has 1 aromatic carbocycles. The zero-order valence-electron chi connectivity index (χ0n) is 11.8. The molecule has 2 N–H and O–H groups in total. The van der Waals surface area contributed by atoms with E-state index in [4.69, 9.17) is 5.73 Å². The summed E-state index contributed by atoms with van der Waals surface area (Å²) in [5, 5.41) is 0. The maximum absolute atomic E-state index is 6.32. The highest BCUT2D eigenvalue weighted by atomic mass is 15.2. The summed E-state index contributed by atoms with van der Waals surface area (Å²) in [6.07, 6.45) is 2.36. The van der Waals surface area contributed by atoms with Gasteiger partial charge in [0.2, 0.25) is 0 Å². The average Bonchev–Trinajstić information content (AvgIpc) is 2.38. The minimum atomic E-state index is 0.268. The van der Waals surface area contributed by atoms with Gasteiger partial charge in [-0.05, 0) is 43.6 Å². The molecule has 0 spiro atoms. The second kappa shape index (κ2) is 5.72. The van der Waals surface area contributed by atoms with Crippen molar-refractivity contribution < 1.29 is 0 Å². The highest BCUT2D eigenvalue weighted by Crippen LogP contribution is 2.30. The van der Waals surface area contributed by atoms with Crippen LogP contribution in [0.15, 0.2) is 24.3 Å². The second-order valence-electron chi connectivity index (χ2n) is 5.37. The third-order valence-corrected chi connectivity index (χ3v) is 3.94. The first-order valence-corrected chi connectivity index (χ1v) is 6.90. The van der Waals surface area contributed by atoms with E-state index in [9.17, 15) is 0 Å². The van der Waals surface area contributed by atoms with Crippen LogP contribution in [-0.2, 0) is 0 Å². The van der Waals surface area contributed by atoms with Gasteiger partial charge in [0.25, 0.3) is 0 Å². The molecule has 2 atom stereocenters. The van der Waals surface area contributed by atoms with E-state index in [-0.39, 0.29) is 6.04 Å². The van der Waals surface area contributed by atoms with Crippen molar-refractivity contribution >= 4 is 5.69 Å². The molecule has 0 bridgehead atoms. The summed E-state index contributed by atoms with van der Waals surface area (Å²) in [6.45, 7) is 4.47. The van der Waals surface area contributed by atoms with E-state index in [0.29, 0.717) is 6.04 Å². The molecule has 1 aromatic rings. The third kappa shape index (κ3) is 2.68. The number of anilines is 1. The number of likely N-dealkylation sites (N-methyl/N-ethyl adjacent to an activating group) is 1. The molecule has 1 aliphatic rings. The fourth-order valence-electron chi connectivity index (χ4n) is 2.88. The molecular weight excluding hydrogens is 222 g/mol. The first kappa shape index (κ1) is 13.4. The molecule has 100 valence electrons. The zero-order chi connectivity index (χ0) is 13.1. The SMILES string of the molecule is CCN1CCCC(N)C1c1ccc(N(C)C)cc1. The lowest BCUT2D eigenvalue weighted by Crippen LogP contribution is -2.45. The molecule has 1 aliphatic heterocycles. The van der Waals surface area contributed by atoms with Crippen molar-refractivity contribution in [1.82, 2.24) is 4.90 Å². The molecule has 3 nitrogen and oxygen atoms in total. The van der Waals surface area contributed by atoms with Crippen LogP contribution in [0.2, 0.25) is 0 Å².